The van der Waals surface area contributed by atoms with Crippen molar-refractivity contribution < 1.29 is 19.4 Å². The first-order chi connectivity index (χ1) is 16.5. The van der Waals surface area contributed by atoms with Crippen LogP contribution in [0, 0.1) is 0 Å². The number of nitrogens with two attached hydrogens (primary N) is 1. The molecule has 0 spiro atoms. The molecule has 2 aliphatic heterocycles. The summed E-state index contributed by atoms with van der Waals surface area (Å²) >= 11 is 0. The number of fused-ring (bicyclic) bond motifs is 3. The molecule has 0 bridgehead atoms. The highest BCUT2D eigenvalue weighted by atomic mass is 16.5. The van der Waals surface area contributed by atoms with Crippen LogP contribution in [-0.4, -0.2) is 86.9 Å². The Labute approximate surface area is 198 Å². The van der Waals surface area contributed by atoms with Gasteiger partial charge in [0.05, 0.1) is 26.9 Å². The minimum Gasteiger partial charge on any atom is -0.491 e. The molecule has 3 rings (SSSR count). The van der Waals surface area contributed by atoms with E-state index in [4.69, 9.17) is 25.3 Å². The van der Waals surface area contributed by atoms with Crippen LogP contribution in [0.15, 0.2) is 43.9 Å². The number of benzene rings is 1. The minimum absolute atomic E-state index is 0.0357. The van der Waals surface area contributed by atoms with E-state index in [9.17, 15) is 4.79 Å². The molecule has 0 atom stereocenters. The number of methoxy groups -OCH3 is 1. The van der Waals surface area contributed by atoms with Crippen molar-refractivity contribution in [3.05, 3.63) is 29.5 Å². The molecule has 2 heterocycles. The number of carbonyl (C=O) groups excluding carboxylic acids is 1. The second-order valence-corrected chi connectivity index (χ2v) is 7.37. The Morgan fingerprint density at radius 1 is 1.41 bits per heavy atom. The van der Waals surface area contributed by atoms with Crippen molar-refractivity contribution in [3.8, 4) is 11.5 Å². The molecule has 0 aliphatic carbocycles. The Hall–Kier alpha value is -3.77. The number of amidine groups is 1. The molecule has 182 valence electrons. The van der Waals surface area contributed by atoms with Crippen LogP contribution in [0.25, 0.3) is 0 Å². The summed E-state index contributed by atoms with van der Waals surface area (Å²) in [5.41, 5.74) is 7.14. The maximum atomic E-state index is 12.7. The molecule has 0 aromatic heterocycles. The summed E-state index contributed by atoms with van der Waals surface area (Å²) in [6.45, 7) is 7.87. The Balaban J connectivity index is 1.84. The highest BCUT2D eigenvalue weighted by Crippen LogP contribution is 2.43. The first-order valence-electron chi connectivity index (χ1n) is 10.8. The average Bonchev–Trinajstić information content (AvgIpc) is 3.34. The molecule has 0 fully saturated rings. The normalized spacial score (nSPS) is 15.2. The Kier molecular flexibility index (Phi) is 8.71. The molecule has 12 nitrogen and oxygen atoms in total. The van der Waals surface area contributed by atoms with Crippen molar-refractivity contribution >= 4 is 36.1 Å². The molecule has 1 amide bonds. The van der Waals surface area contributed by atoms with Gasteiger partial charge in [-0.3, -0.25) is 20.0 Å². The first kappa shape index (κ1) is 24.9. The lowest BCUT2D eigenvalue weighted by molar-refractivity contribution is -0.116. The van der Waals surface area contributed by atoms with Crippen LogP contribution in [0.4, 0.5) is 5.69 Å². The lowest BCUT2D eigenvalue weighted by Crippen LogP contribution is -2.47. The van der Waals surface area contributed by atoms with Gasteiger partial charge in [0, 0.05) is 30.4 Å². The predicted molar refractivity (Wildman–Crippen MR) is 131 cm³/mol. The van der Waals surface area contributed by atoms with Gasteiger partial charge in [0.1, 0.15) is 11.5 Å². The standard InChI is InChI=1S/C22H30N8O4/c1-14(13-27-21(23)24-2)20(32)29-22-28-17-15(19-26-8-10-30(19)22)5-6-16(18(17)33-3)34-12-4-7-25-9-11-31/h5-6,13,25,31H,2,4,7-12H2,1,3H3,(H2,23,27)(H,28,29,32)/b14-13+. The molecule has 0 saturated carbocycles. The third-order valence-electron chi connectivity index (χ3n) is 5.03. The van der Waals surface area contributed by atoms with Crippen molar-refractivity contribution in [1.82, 2.24) is 15.5 Å². The van der Waals surface area contributed by atoms with E-state index in [1.54, 1.807) is 14.0 Å². The predicted octanol–water partition coefficient (Wildman–Crippen LogP) is 0.145. The van der Waals surface area contributed by atoms with Gasteiger partial charge in [-0.2, -0.15) is 0 Å². The van der Waals surface area contributed by atoms with E-state index in [1.165, 1.54) is 6.20 Å². The van der Waals surface area contributed by atoms with Gasteiger partial charge >= 0.3 is 0 Å². The molecule has 0 unspecified atom stereocenters. The maximum Gasteiger partial charge on any atom is 0.255 e. The number of nitrogens with one attached hydrogen (secondary N) is 2. The van der Waals surface area contributed by atoms with Gasteiger partial charge in [0.2, 0.25) is 11.9 Å². The topological polar surface area (TPSA) is 159 Å². The fourth-order valence-corrected chi connectivity index (χ4v) is 3.35. The van der Waals surface area contributed by atoms with Gasteiger partial charge in [-0.1, -0.05) is 0 Å². The summed E-state index contributed by atoms with van der Waals surface area (Å²) in [6, 6.07) is 3.72. The molecule has 2 aliphatic rings. The zero-order chi connectivity index (χ0) is 24.5. The van der Waals surface area contributed by atoms with E-state index >= 15 is 0 Å². The number of carbonyl (C=O) groups is 1. The summed E-state index contributed by atoms with van der Waals surface area (Å²) in [5.74, 6) is 1.62. The van der Waals surface area contributed by atoms with Gasteiger partial charge in [-0.15, -0.1) is 0 Å². The number of aliphatic hydroxyl groups is 1. The van der Waals surface area contributed by atoms with Crippen LogP contribution in [0.5, 0.6) is 11.5 Å². The number of aliphatic imine (C=N–C) groups is 4. The van der Waals surface area contributed by atoms with Crippen LogP contribution in [0.1, 0.15) is 18.9 Å². The van der Waals surface area contributed by atoms with E-state index in [-0.39, 0.29) is 12.6 Å². The van der Waals surface area contributed by atoms with E-state index < -0.39 is 5.91 Å². The van der Waals surface area contributed by atoms with E-state index in [0.29, 0.717) is 60.8 Å². The number of nitrogens with zero attached hydrogens (tertiary/aromatic N) is 5. The Morgan fingerprint density at radius 2 is 2.24 bits per heavy atom. The molecule has 0 radical (unpaired) electrons. The van der Waals surface area contributed by atoms with Crippen molar-refractivity contribution in [3.63, 3.8) is 0 Å². The second kappa shape index (κ2) is 11.9. The maximum absolute atomic E-state index is 12.7. The minimum atomic E-state index is -0.393. The monoisotopic (exact) mass is 470 g/mol. The quantitative estimate of drug-likeness (QED) is 0.164. The van der Waals surface area contributed by atoms with E-state index in [0.717, 1.165) is 18.5 Å². The zero-order valence-electron chi connectivity index (χ0n) is 19.4. The lowest BCUT2D eigenvalue weighted by Gasteiger charge is -2.28. The first-order valence-corrected chi connectivity index (χ1v) is 10.8. The summed E-state index contributed by atoms with van der Waals surface area (Å²) in [6.07, 6.45) is 2.07. The van der Waals surface area contributed by atoms with Crippen molar-refractivity contribution in [2.24, 2.45) is 25.7 Å². The lowest BCUT2D eigenvalue weighted by atomic mass is 10.1. The van der Waals surface area contributed by atoms with Crippen molar-refractivity contribution in [1.29, 1.82) is 0 Å². The van der Waals surface area contributed by atoms with Gasteiger partial charge in [-0.05, 0) is 38.7 Å². The molecule has 34 heavy (non-hydrogen) atoms. The summed E-state index contributed by atoms with van der Waals surface area (Å²) < 4.78 is 11.6. The van der Waals surface area contributed by atoms with Crippen molar-refractivity contribution in [2.45, 2.75) is 13.3 Å². The fourth-order valence-electron chi connectivity index (χ4n) is 3.35. The third kappa shape index (κ3) is 5.77. The number of guanidine groups is 2. The molecular formula is C22H30N8O4. The number of amides is 1. The number of ether oxygens (including phenoxy) is 2. The van der Waals surface area contributed by atoms with Gasteiger partial charge in [-0.25, -0.2) is 15.0 Å². The number of aliphatic hydroxyl groups excluding tert-OH is 1. The molecule has 1 aromatic carbocycles. The fraction of sp³-hybridized carbons (Fsp3) is 0.409. The smallest absolute Gasteiger partial charge is 0.255 e. The highest BCUT2D eigenvalue weighted by molar-refractivity contribution is 6.20. The van der Waals surface area contributed by atoms with Gasteiger partial charge in [0.25, 0.3) is 5.91 Å². The number of hydrogen-bond donors (Lipinski definition) is 4. The van der Waals surface area contributed by atoms with Crippen LogP contribution in [-0.2, 0) is 4.79 Å². The van der Waals surface area contributed by atoms with Crippen LogP contribution in [0.3, 0.4) is 0 Å². The molecule has 12 heteroatoms. The third-order valence-corrected chi connectivity index (χ3v) is 5.03. The Morgan fingerprint density at radius 3 is 2.97 bits per heavy atom. The molecular weight excluding hydrogens is 440 g/mol. The second-order valence-electron chi connectivity index (χ2n) is 7.37. The zero-order valence-corrected chi connectivity index (χ0v) is 19.4. The number of rotatable bonds is 10. The van der Waals surface area contributed by atoms with Crippen LogP contribution < -0.4 is 25.8 Å². The Bertz CT molecular complexity index is 1050. The van der Waals surface area contributed by atoms with Gasteiger partial charge in [0.15, 0.2) is 11.5 Å². The van der Waals surface area contributed by atoms with Gasteiger partial charge < -0.3 is 25.6 Å². The summed E-state index contributed by atoms with van der Waals surface area (Å²) in [4.78, 5) is 31.2. The average molecular weight is 471 g/mol. The molecule has 1 aromatic rings. The molecule has 0 saturated heterocycles. The van der Waals surface area contributed by atoms with Crippen molar-refractivity contribution in [2.75, 3.05) is 46.5 Å². The summed E-state index contributed by atoms with van der Waals surface area (Å²) in [5, 5.41) is 14.8. The largest absolute Gasteiger partial charge is 0.491 e. The van der Waals surface area contributed by atoms with Crippen LogP contribution in [0.2, 0.25) is 0 Å². The van der Waals surface area contributed by atoms with E-state index in [2.05, 4.69) is 32.3 Å². The molecule has 5 N–H and O–H groups in total. The number of hydrogen-bond acceptors (Lipinski definition) is 9. The van der Waals surface area contributed by atoms with E-state index in [1.807, 2.05) is 17.0 Å². The SMILES string of the molecule is C=N/C(N)=N\C=C(/C)C(=O)NC1=Nc2c(ccc(OCCCNCCO)c2OC)C2=NCCN12. The van der Waals surface area contributed by atoms with Crippen LogP contribution >= 0.6 is 0 Å². The highest BCUT2D eigenvalue weighted by Gasteiger charge is 2.33. The summed E-state index contributed by atoms with van der Waals surface area (Å²) in [7, 11) is 1.55.